The maximum atomic E-state index is 6.08. The Morgan fingerprint density at radius 3 is 1.95 bits per heavy atom. The molecule has 2 aromatic carbocycles. The van der Waals surface area contributed by atoms with Crippen molar-refractivity contribution in [2.75, 3.05) is 6.61 Å². The van der Waals surface area contributed by atoms with Gasteiger partial charge in [-0.05, 0) is 11.1 Å². The summed E-state index contributed by atoms with van der Waals surface area (Å²) < 4.78 is 11.7. The van der Waals surface area contributed by atoms with Crippen LogP contribution in [0.1, 0.15) is 23.5 Å². The molecule has 1 unspecified atom stereocenters. The van der Waals surface area contributed by atoms with Gasteiger partial charge >= 0.3 is 0 Å². The lowest BCUT2D eigenvalue weighted by Crippen LogP contribution is -2.31. The molecule has 2 nitrogen and oxygen atoms in total. The second-order valence-corrected chi connectivity index (χ2v) is 5.62. The lowest BCUT2D eigenvalue weighted by molar-refractivity contribution is 0.0197. The van der Waals surface area contributed by atoms with Crippen LogP contribution < -0.4 is 0 Å². The van der Waals surface area contributed by atoms with Gasteiger partial charge in [-0.25, -0.2) is 0 Å². The highest BCUT2D eigenvalue weighted by molar-refractivity contribution is 5.34. The summed E-state index contributed by atoms with van der Waals surface area (Å²) in [7, 11) is 0. The van der Waals surface area contributed by atoms with E-state index in [0.29, 0.717) is 18.1 Å². The van der Waals surface area contributed by atoms with Crippen LogP contribution in [-0.2, 0) is 9.47 Å². The first-order chi connectivity index (χ1) is 9.92. The van der Waals surface area contributed by atoms with Crippen LogP contribution in [0, 0.1) is 0 Å². The summed E-state index contributed by atoms with van der Waals surface area (Å²) in [4.78, 5) is 0. The van der Waals surface area contributed by atoms with Crippen molar-refractivity contribution in [2.45, 2.75) is 30.7 Å². The molecule has 0 spiro atoms. The first-order valence-corrected chi connectivity index (χ1v) is 7.29. The molecule has 2 aliphatic rings. The molecule has 2 aromatic rings. The number of hydrogen-bond donors (Lipinski definition) is 0. The third kappa shape index (κ3) is 2.26. The van der Waals surface area contributed by atoms with Crippen LogP contribution in [0.5, 0.6) is 0 Å². The molecule has 0 saturated carbocycles. The molecule has 2 aliphatic heterocycles. The van der Waals surface area contributed by atoms with E-state index >= 15 is 0 Å². The van der Waals surface area contributed by atoms with Gasteiger partial charge < -0.3 is 9.47 Å². The van der Waals surface area contributed by atoms with E-state index in [4.69, 9.17) is 9.47 Å². The van der Waals surface area contributed by atoms with E-state index in [-0.39, 0.29) is 6.10 Å². The summed E-state index contributed by atoms with van der Waals surface area (Å²) in [5.41, 5.74) is 2.64. The minimum Gasteiger partial charge on any atom is -0.374 e. The normalized spacial score (nSPS) is 28.1. The van der Waals surface area contributed by atoms with E-state index < -0.39 is 0 Å². The standard InChI is InChI=1S/C18H18O2/c1-3-7-13(8-4-1)18(14-9-5-2-6-10-14)16-11-15-17(20-15)12-19-16/h1-10,15-18H,11-12H2/t15?,16-,17-/m1/s1. The Morgan fingerprint density at radius 1 is 0.800 bits per heavy atom. The minimum absolute atomic E-state index is 0.212. The molecule has 2 heteroatoms. The fraction of sp³-hybridized carbons (Fsp3) is 0.333. The first kappa shape index (κ1) is 12.1. The number of ether oxygens (including phenoxy) is 2. The molecule has 4 rings (SSSR count). The van der Waals surface area contributed by atoms with Crippen LogP contribution in [0.3, 0.4) is 0 Å². The van der Waals surface area contributed by atoms with Crippen molar-refractivity contribution in [1.82, 2.24) is 0 Å². The van der Waals surface area contributed by atoms with E-state index in [1.165, 1.54) is 11.1 Å². The van der Waals surface area contributed by atoms with Gasteiger partial charge in [-0.2, -0.15) is 0 Å². The second-order valence-electron chi connectivity index (χ2n) is 5.62. The number of fused-ring (bicyclic) bond motifs is 1. The average molecular weight is 266 g/mol. The third-order valence-electron chi connectivity index (χ3n) is 4.32. The predicted octanol–water partition coefficient (Wildman–Crippen LogP) is 3.37. The molecule has 0 N–H and O–H groups in total. The molecular formula is C18H18O2. The van der Waals surface area contributed by atoms with Gasteiger partial charge in [-0.1, -0.05) is 60.7 Å². The van der Waals surface area contributed by atoms with Crippen molar-refractivity contribution < 1.29 is 9.47 Å². The highest BCUT2D eigenvalue weighted by Gasteiger charge is 2.47. The van der Waals surface area contributed by atoms with Crippen LogP contribution in [-0.4, -0.2) is 24.9 Å². The van der Waals surface area contributed by atoms with Crippen LogP contribution in [0.15, 0.2) is 60.7 Å². The van der Waals surface area contributed by atoms with E-state index in [1.807, 2.05) is 0 Å². The molecule has 20 heavy (non-hydrogen) atoms. The van der Waals surface area contributed by atoms with Crippen molar-refractivity contribution in [2.24, 2.45) is 0 Å². The molecule has 2 fully saturated rings. The summed E-state index contributed by atoms with van der Waals surface area (Å²) in [6, 6.07) is 21.3. The van der Waals surface area contributed by atoms with Gasteiger partial charge in [0.2, 0.25) is 0 Å². The average Bonchev–Trinajstić information content (AvgIpc) is 3.28. The molecule has 2 saturated heterocycles. The SMILES string of the molecule is c1ccc(C(c2ccccc2)[C@H]2CC3O[C@@H]3CO2)cc1. The maximum Gasteiger partial charge on any atom is 0.108 e. The monoisotopic (exact) mass is 266 g/mol. The van der Waals surface area contributed by atoms with Gasteiger partial charge in [-0.3, -0.25) is 0 Å². The topological polar surface area (TPSA) is 21.8 Å². The first-order valence-electron chi connectivity index (χ1n) is 7.29. The summed E-state index contributed by atoms with van der Waals surface area (Å²) in [5, 5.41) is 0. The van der Waals surface area contributed by atoms with Gasteiger partial charge in [0, 0.05) is 12.3 Å². The van der Waals surface area contributed by atoms with E-state index in [9.17, 15) is 0 Å². The van der Waals surface area contributed by atoms with E-state index in [0.717, 1.165) is 13.0 Å². The summed E-state index contributed by atoms with van der Waals surface area (Å²) in [5.74, 6) is 0.294. The van der Waals surface area contributed by atoms with Crippen LogP contribution in [0.2, 0.25) is 0 Å². The zero-order valence-electron chi connectivity index (χ0n) is 11.3. The largest absolute Gasteiger partial charge is 0.374 e. The van der Waals surface area contributed by atoms with Crippen molar-refractivity contribution in [3.63, 3.8) is 0 Å². The number of benzene rings is 2. The Hall–Kier alpha value is -1.64. The van der Waals surface area contributed by atoms with E-state index in [2.05, 4.69) is 60.7 Å². The van der Waals surface area contributed by atoms with Gasteiger partial charge in [0.25, 0.3) is 0 Å². The third-order valence-corrected chi connectivity index (χ3v) is 4.32. The van der Waals surface area contributed by atoms with Crippen molar-refractivity contribution in [3.8, 4) is 0 Å². The molecular weight excluding hydrogens is 248 g/mol. The Kier molecular flexibility index (Phi) is 3.06. The molecule has 0 bridgehead atoms. The number of hydrogen-bond acceptors (Lipinski definition) is 2. The van der Waals surface area contributed by atoms with Crippen LogP contribution in [0.4, 0.5) is 0 Å². The van der Waals surface area contributed by atoms with E-state index in [1.54, 1.807) is 0 Å². The zero-order chi connectivity index (χ0) is 13.4. The molecule has 0 aliphatic carbocycles. The fourth-order valence-corrected chi connectivity index (χ4v) is 3.22. The Morgan fingerprint density at radius 2 is 1.40 bits per heavy atom. The summed E-state index contributed by atoms with van der Waals surface area (Å²) in [6.45, 7) is 0.742. The molecule has 0 aromatic heterocycles. The molecule has 0 radical (unpaired) electrons. The quantitative estimate of drug-likeness (QED) is 0.794. The lowest BCUT2D eigenvalue weighted by Gasteiger charge is -2.29. The summed E-state index contributed by atoms with van der Waals surface area (Å²) >= 11 is 0. The highest BCUT2D eigenvalue weighted by atomic mass is 16.6. The highest BCUT2D eigenvalue weighted by Crippen LogP contribution is 2.40. The fourth-order valence-electron chi connectivity index (χ4n) is 3.22. The van der Waals surface area contributed by atoms with Crippen molar-refractivity contribution >= 4 is 0 Å². The molecule has 3 atom stereocenters. The lowest BCUT2D eigenvalue weighted by atomic mass is 9.83. The molecule has 0 amide bonds. The van der Waals surface area contributed by atoms with Crippen LogP contribution in [0.25, 0.3) is 0 Å². The number of rotatable bonds is 3. The van der Waals surface area contributed by atoms with Gasteiger partial charge in [0.05, 0.1) is 18.8 Å². The molecule has 2 heterocycles. The van der Waals surface area contributed by atoms with Crippen LogP contribution >= 0.6 is 0 Å². The van der Waals surface area contributed by atoms with Crippen molar-refractivity contribution in [1.29, 1.82) is 0 Å². The van der Waals surface area contributed by atoms with Gasteiger partial charge in [0.15, 0.2) is 0 Å². The second kappa shape index (κ2) is 5.04. The summed E-state index contributed by atoms with van der Waals surface area (Å²) in [6.07, 6.45) is 1.99. The number of epoxide rings is 1. The molecule has 102 valence electrons. The Bertz CT molecular complexity index is 527. The van der Waals surface area contributed by atoms with Crippen molar-refractivity contribution in [3.05, 3.63) is 71.8 Å². The van der Waals surface area contributed by atoms with Gasteiger partial charge in [-0.15, -0.1) is 0 Å². The Labute approximate surface area is 119 Å². The predicted molar refractivity (Wildman–Crippen MR) is 77.7 cm³/mol. The maximum absolute atomic E-state index is 6.08. The minimum atomic E-state index is 0.212. The smallest absolute Gasteiger partial charge is 0.108 e. The zero-order valence-corrected chi connectivity index (χ0v) is 11.3. The Balaban J connectivity index is 1.69. The van der Waals surface area contributed by atoms with Gasteiger partial charge in [0.1, 0.15) is 6.10 Å².